The van der Waals surface area contributed by atoms with Crippen molar-refractivity contribution in [1.29, 1.82) is 0 Å². The van der Waals surface area contributed by atoms with E-state index in [1.165, 1.54) is 30.5 Å². The second-order valence-corrected chi connectivity index (χ2v) is 14.8. The fourth-order valence-electron chi connectivity index (χ4n) is 5.67. The largest absolute Gasteiger partial charge is 0.495 e. The van der Waals surface area contributed by atoms with Gasteiger partial charge in [0.25, 0.3) is 0 Å². The van der Waals surface area contributed by atoms with Gasteiger partial charge in [0.2, 0.25) is 15.9 Å². The lowest BCUT2D eigenvalue weighted by Crippen LogP contribution is -2.49. The highest BCUT2D eigenvalue weighted by Crippen LogP contribution is 2.32. The summed E-state index contributed by atoms with van der Waals surface area (Å²) in [6.07, 6.45) is -3.02. The Hall–Kier alpha value is -3.74. The fourth-order valence-corrected chi connectivity index (χ4v) is 8.40. The van der Waals surface area contributed by atoms with E-state index in [2.05, 4.69) is 22.5 Å². The number of anilines is 2. The predicted molar refractivity (Wildman–Crippen MR) is 172 cm³/mol. The number of alkyl halides is 3. The summed E-state index contributed by atoms with van der Waals surface area (Å²) >= 11 is 0. The number of halogens is 3. The summed E-state index contributed by atoms with van der Waals surface area (Å²) in [6, 6.07) is 11.3. The molecule has 3 aromatic rings. The van der Waals surface area contributed by atoms with Crippen LogP contribution in [-0.4, -0.2) is 95.9 Å². The van der Waals surface area contributed by atoms with Crippen LogP contribution in [0.4, 0.5) is 24.5 Å². The normalized spacial score (nSPS) is 19.4. The van der Waals surface area contributed by atoms with Crippen LogP contribution in [0.15, 0.2) is 47.4 Å². The maximum Gasteiger partial charge on any atom is 0.406 e. The highest BCUT2D eigenvalue weighted by atomic mass is 32.2. The van der Waals surface area contributed by atoms with E-state index in [9.17, 15) is 30.6 Å². The molecule has 2 fully saturated rings. The number of carbonyl (C=O) groups excluding carboxylic acids is 1. The molecule has 248 valence electrons. The summed E-state index contributed by atoms with van der Waals surface area (Å²) in [5.41, 5.74) is 1.78. The first-order chi connectivity index (χ1) is 21.9. The number of ether oxygens (including phenoxy) is 1. The van der Waals surface area contributed by atoms with Crippen LogP contribution in [0.2, 0.25) is 0 Å². The number of hydrogen-bond donors (Lipinski definition) is 2. The van der Waals surface area contributed by atoms with Gasteiger partial charge >= 0.3 is 6.18 Å². The molecule has 2 saturated heterocycles. The van der Waals surface area contributed by atoms with Crippen LogP contribution in [-0.2, 0) is 32.2 Å². The van der Waals surface area contributed by atoms with Gasteiger partial charge in [0, 0.05) is 78.6 Å². The molecule has 2 N–H and O–H groups in total. The van der Waals surface area contributed by atoms with E-state index in [1.54, 1.807) is 29.2 Å². The van der Waals surface area contributed by atoms with Gasteiger partial charge in [0.1, 0.15) is 12.3 Å². The number of sulfonamides is 1. The number of nitrogens with zero attached hydrogens (tertiary/aromatic N) is 3. The number of nitrogens with one attached hydrogen (secondary N) is 2. The van der Waals surface area contributed by atoms with E-state index >= 15 is 0 Å². The number of amides is 1. The third kappa shape index (κ3) is 7.79. The molecule has 15 heteroatoms. The minimum atomic E-state index is -4.46. The molecule has 1 aromatic heterocycles. The Labute approximate surface area is 268 Å². The lowest BCUT2D eigenvalue weighted by Gasteiger charge is -2.33. The zero-order valence-electron chi connectivity index (χ0n) is 25.5. The van der Waals surface area contributed by atoms with Crippen LogP contribution in [0.25, 0.3) is 10.9 Å². The van der Waals surface area contributed by atoms with Crippen molar-refractivity contribution in [2.75, 3.05) is 62.0 Å². The SMILES string of the molecule is COc1cc(S(=O)(=O)N2CCN(C(C)=O)CC2)ccc1NCC#Cc1cc2c(NC3CCS(=O)CC3)cccc2n1CC(F)(F)F. The van der Waals surface area contributed by atoms with E-state index < -0.39 is 33.5 Å². The molecule has 46 heavy (non-hydrogen) atoms. The zero-order valence-corrected chi connectivity index (χ0v) is 27.2. The maximum absolute atomic E-state index is 13.6. The van der Waals surface area contributed by atoms with Crippen molar-refractivity contribution in [3.63, 3.8) is 0 Å². The summed E-state index contributed by atoms with van der Waals surface area (Å²) in [5, 5.41) is 7.11. The average Bonchev–Trinajstić information content (AvgIpc) is 3.36. The van der Waals surface area contributed by atoms with Crippen LogP contribution in [0.1, 0.15) is 25.5 Å². The van der Waals surface area contributed by atoms with Crippen molar-refractivity contribution in [3.05, 3.63) is 48.2 Å². The number of hydrogen-bond acceptors (Lipinski definition) is 7. The molecule has 1 amide bonds. The fraction of sp³-hybridized carbons (Fsp3) is 0.452. The van der Waals surface area contributed by atoms with Gasteiger partial charge in [-0.05, 0) is 49.1 Å². The standard InChI is InChI=1S/C31H36F3N5O5S2/c1-22(40)37-13-15-38(16-14-37)46(42,43)25-8-9-28(30(20-25)44-2)35-12-4-5-24-19-26-27(36-23-10-17-45(41)18-11-23)6-3-7-29(26)39(24)21-31(32,33)34/h3,6-9,19-20,23,35-36H,10-18,21H2,1-2H3. The van der Waals surface area contributed by atoms with Crippen molar-refractivity contribution in [2.24, 2.45) is 0 Å². The predicted octanol–water partition coefficient (Wildman–Crippen LogP) is 3.85. The molecule has 3 heterocycles. The molecule has 2 aliphatic heterocycles. The van der Waals surface area contributed by atoms with Crippen LogP contribution in [0, 0.1) is 11.8 Å². The van der Waals surface area contributed by atoms with Crippen molar-refractivity contribution in [1.82, 2.24) is 13.8 Å². The zero-order chi connectivity index (χ0) is 33.1. The quantitative estimate of drug-likeness (QED) is 0.348. The Balaban J connectivity index is 1.33. The Kier molecular flexibility index (Phi) is 10.2. The monoisotopic (exact) mass is 679 g/mol. The Morgan fingerprint density at radius 2 is 1.78 bits per heavy atom. The molecule has 0 unspecified atom stereocenters. The van der Waals surface area contributed by atoms with Gasteiger partial charge in [-0.15, -0.1) is 0 Å². The average molecular weight is 680 g/mol. The van der Waals surface area contributed by atoms with Crippen molar-refractivity contribution < 1.29 is 35.3 Å². The third-order valence-corrected chi connectivity index (χ3v) is 11.4. The molecule has 0 atom stereocenters. The molecule has 2 aliphatic rings. The smallest absolute Gasteiger partial charge is 0.406 e. The first kappa shape index (κ1) is 33.6. The number of methoxy groups -OCH3 is 1. The summed E-state index contributed by atoms with van der Waals surface area (Å²) in [4.78, 5) is 13.2. The summed E-state index contributed by atoms with van der Waals surface area (Å²) in [7, 11) is -3.25. The van der Waals surface area contributed by atoms with Gasteiger partial charge in [0.15, 0.2) is 0 Å². The van der Waals surface area contributed by atoms with Crippen LogP contribution in [0.3, 0.4) is 0 Å². The van der Waals surface area contributed by atoms with Gasteiger partial charge in [-0.2, -0.15) is 17.5 Å². The van der Waals surface area contributed by atoms with E-state index in [4.69, 9.17) is 4.74 Å². The number of fused-ring (bicyclic) bond motifs is 1. The first-order valence-corrected chi connectivity index (χ1v) is 17.8. The first-order valence-electron chi connectivity index (χ1n) is 14.8. The minimum absolute atomic E-state index is 0.0415. The van der Waals surface area contributed by atoms with Crippen molar-refractivity contribution in [2.45, 2.75) is 43.4 Å². The number of benzene rings is 2. The summed E-state index contributed by atoms with van der Waals surface area (Å²) in [5.74, 6) is 7.10. The van der Waals surface area contributed by atoms with Crippen LogP contribution < -0.4 is 15.4 Å². The number of rotatable bonds is 8. The van der Waals surface area contributed by atoms with Crippen molar-refractivity contribution >= 4 is 49.0 Å². The van der Waals surface area contributed by atoms with Gasteiger partial charge in [0.05, 0.1) is 35.4 Å². The summed E-state index contributed by atoms with van der Waals surface area (Å²) in [6.45, 7) is 1.30. The third-order valence-electron chi connectivity index (χ3n) is 8.11. The molecule has 0 saturated carbocycles. The molecule has 5 rings (SSSR count). The highest BCUT2D eigenvalue weighted by molar-refractivity contribution is 7.89. The molecular formula is C31H36F3N5O5S2. The minimum Gasteiger partial charge on any atom is -0.495 e. The molecule has 0 bridgehead atoms. The van der Waals surface area contributed by atoms with Crippen molar-refractivity contribution in [3.8, 4) is 17.6 Å². The van der Waals surface area contributed by atoms with E-state index in [-0.39, 0.29) is 47.9 Å². The van der Waals surface area contributed by atoms with Crippen LogP contribution >= 0.6 is 0 Å². The van der Waals surface area contributed by atoms with Gasteiger partial charge in [-0.1, -0.05) is 12.0 Å². The van der Waals surface area contributed by atoms with Gasteiger partial charge in [-0.25, -0.2) is 8.42 Å². The Morgan fingerprint density at radius 3 is 2.43 bits per heavy atom. The topological polar surface area (TPSA) is 113 Å². The maximum atomic E-state index is 13.6. The van der Waals surface area contributed by atoms with Crippen LogP contribution in [0.5, 0.6) is 5.75 Å². The lowest BCUT2D eigenvalue weighted by atomic mass is 10.1. The number of aromatic nitrogens is 1. The van der Waals surface area contributed by atoms with Gasteiger partial charge in [-0.3, -0.25) is 9.00 Å². The molecule has 0 spiro atoms. The highest BCUT2D eigenvalue weighted by Gasteiger charge is 2.31. The molecule has 2 aromatic carbocycles. The van der Waals surface area contributed by atoms with E-state index in [0.717, 1.165) is 17.4 Å². The van der Waals surface area contributed by atoms with E-state index in [1.807, 2.05) is 6.07 Å². The Morgan fingerprint density at radius 1 is 1.07 bits per heavy atom. The number of carbonyl (C=O) groups is 1. The number of piperazine rings is 1. The lowest BCUT2D eigenvalue weighted by molar-refractivity contribution is -0.140. The molecule has 0 radical (unpaired) electrons. The second-order valence-electron chi connectivity index (χ2n) is 11.2. The molecule has 0 aliphatic carbocycles. The summed E-state index contributed by atoms with van der Waals surface area (Å²) < 4.78 is 87.0. The molecular weight excluding hydrogens is 643 g/mol. The molecule has 10 nitrogen and oxygen atoms in total. The Bertz CT molecular complexity index is 1780. The second kappa shape index (κ2) is 13.9. The van der Waals surface area contributed by atoms with Gasteiger partial charge < -0.3 is 24.8 Å². The van der Waals surface area contributed by atoms with E-state index in [0.29, 0.717) is 46.9 Å².